The van der Waals surface area contributed by atoms with Gasteiger partial charge in [-0.25, -0.2) is 0 Å². The first-order chi connectivity index (χ1) is 10.2. The van der Waals surface area contributed by atoms with Gasteiger partial charge in [0.15, 0.2) is 0 Å². The molecule has 120 valence electrons. The summed E-state index contributed by atoms with van der Waals surface area (Å²) in [5, 5.41) is 0. The molecule has 0 aliphatic heterocycles. The summed E-state index contributed by atoms with van der Waals surface area (Å²) in [6, 6.07) is 0. The monoisotopic (exact) mass is 296 g/mol. The van der Waals surface area contributed by atoms with Crippen molar-refractivity contribution >= 4 is 11.9 Å². The molecular formula is C17H28O4. The Labute approximate surface area is 128 Å². The van der Waals surface area contributed by atoms with Crippen molar-refractivity contribution in [1.82, 2.24) is 0 Å². The van der Waals surface area contributed by atoms with E-state index in [0.29, 0.717) is 19.6 Å². The summed E-state index contributed by atoms with van der Waals surface area (Å²) < 4.78 is 10.1. The number of allylic oxidation sites excluding steroid dienone is 4. The van der Waals surface area contributed by atoms with Crippen molar-refractivity contribution < 1.29 is 19.1 Å². The Balaban J connectivity index is 3.42. The lowest BCUT2D eigenvalue weighted by molar-refractivity contribution is -0.145. The van der Waals surface area contributed by atoms with Crippen LogP contribution in [0.15, 0.2) is 24.3 Å². The van der Waals surface area contributed by atoms with Crippen molar-refractivity contribution in [3.8, 4) is 0 Å². The molecule has 4 nitrogen and oxygen atoms in total. The van der Waals surface area contributed by atoms with Crippen LogP contribution in [0.2, 0.25) is 0 Å². The summed E-state index contributed by atoms with van der Waals surface area (Å²) in [7, 11) is 0. The van der Waals surface area contributed by atoms with Crippen molar-refractivity contribution in [3.63, 3.8) is 0 Å². The van der Waals surface area contributed by atoms with Gasteiger partial charge < -0.3 is 9.47 Å². The van der Waals surface area contributed by atoms with Crippen molar-refractivity contribution in [2.45, 2.75) is 58.8 Å². The van der Waals surface area contributed by atoms with Gasteiger partial charge in [0, 0.05) is 12.8 Å². The van der Waals surface area contributed by atoms with Gasteiger partial charge in [0.05, 0.1) is 13.2 Å². The van der Waals surface area contributed by atoms with Crippen LogP contribution < -0.4 is 0 Å². The number of hydrogen-bond acceptors (Lipinski definition) is 4. The van der Waals surface area contributed by atoms with E-state index in [-0.39, 0.29) is 24.8 Å². The first-order valence-corrected chi connectivity index (χ1v) is 7.74. The molecule has 21 heavy (non-hydrogen) atoms. The van der Waals surface area contributed by atoms with E-state index in [9.17, 15) is 9.59 Å². The fraction of sp³-hybridized carbons (Fsp3) is 0.647. The molecule has 0 saturated heterocycles. The molecule has 0 aromatic heterocycles. The summed E-state index contributed by atoms with van der Waals surface area (Å²) in [6.07, 6.45) is 12.6. The predicted octanol–water partition coefficient (Wildman–Crippen LogP) is 3.96. The van der Waals surface area contributed by atoms with Gasteiger partial charge in [-0.3, -0.25) is 9.59 Å². The molecule has 0 rings (SSSR count). The molecule has 0 unspecified atom stereocenters. The van der Waals surface area contributed by atoms with E-state index in [1.807, 2.05) is 38.2 Å². The fourth-order valence-corrected chi connectivity index (χ4v) is 1.63. The van der Waals surface area contributed by atoms with Crippen LogP contribution in [0, 0.1) is 0 Å². The Hall–Kier alpha value is -1.58. The zero-order chi connectivity index (χ0) is 15.8. The molecule has 0 spiro atoms. The van der Waals surface area contributed by atoms with Gasteiger partial charge in [-0.1, -0.05) is 24.3 Å². The van der Waals surface area contributed by atoms with Crippen LogP contribution in [-0.4, -0.2) is 25.2 Å². The third-order valence-electron chi connectivity index (χ3n) is 2.79. The van der Waals surface area contributed by atoms with Gasteiger partial charge in [0.2, 0.25) is 0 Å². The molecule has 0 aromatic rings. The first-order valence-electron chi connectivity index (χ1n) is 7.74. The Bertz CT molecular complexity index is 300. The van der Waals surface area contributed by atoms with E-state index in [1.54, 1.807) is 0 Å². The number of hydrogen-bond donors (Lipinski definition) is 0. The Morgan fingerprint density at radius 2 is 1.19 bits per heavy atom. The van der Waals surface area contributed by atoms with Crippen LogP contribution in [0.25, 0.3) is 0 Å². The molecular weight excluding hydrogens is 268 g/mol. The third kappa shape index (κ3) is 14.6. The summed E-state index contributed by atoms with van der Waals surface area (Å²) in [6.45, 7) is 4.81. The number of carbonyl (C=O) groups excluding carboxylic acids is 2. The predicted molar refractivity (Wildman–Crippen MR) is 83.9 cm³/mol. The number of carbonyl (C=O) groups is 2. The quantitative estimate of drug-likeness (QED) is 0.311. The highest BCUT2D eigenvalue weighted by atomic mass is 16.5. The zero-order valence-electron chi connectivity index (χ0n) is 13.3. The van der Waals surface area contributed by atoms with Crippen LogP contribution in [0.5, 0.6) is 0 Å². The van der Waals surface area contributed by atoms with Gasteiger partial charge in [-0.2, -0.15) is 0 Å². The molecule has 0 aliphatic rings. The third-order valence-corrected chi connectivity index (χ3v) is 2.79. The molecule has 0 amide bonds. The molecule has 0 aliphatic carbocycles. The van der Waals surface area contributed by atoms with E-state index < -0.39 is 0 Å². The smallest absolute Gasteiger partial charge is 0.305 e. The standard InChI is InChI=1S/C17H28O4/c1-3-5-7-9-14-20-16(18)12-11-13-17(19)21-15-10-8-6-4-2/h3-6H,7-15H2,1-2H3/b5-3+,6-4+. The van der Waals surface area contributed by atoms with E-state index in [4.69, 9.17) is 9.47 Å². The maximum atomic E-state index is 11.4. The lowest BCUT2D eigenvalue weighted by atomic mass is 10.2. The molecule has 0 fully saturated rings. The molecule has 0 aromatic carbocycles. The Morgan fingerprint density at radius 1 is 0.762 bits per heavy atom. The van der Waals surface area contributed by atoms with Crippen molar-refractivity contribution in [2.24, 2.45) is 0 Å². The number of esters is 2. The average Bonchev–Trinajstić information content (AvgIpc) is 2.47. The summed E-state index contributed by atoms with van der Waals surface area (Å²) in [4.78, 5) is 22.8. The van der Waals surface area contributed by atoms with Crippen molar-refractivity contribution in [1.29, 1.82) is 0 Å². The van der Waals surface area contributed by atoms with Gasteiger partial charge in [0.25, 0.3) is 0 Å². The minimum absolute atomic E-state index is 0.239. The summed E-state index contributed by atoms with van der Waals surface area (Å²) in [5.74, 6) is -0.479. The Kier molecular flexibility index (Phi) is 13.7. The molecule has 0 bridgehead atoms. The van der Waals surface area contributed by atoms with E-state index >= 15 is 0 Å². The van der Waals surface area contributed by atoms with Gasteiger partial charge >= 0.3 is 11.9 Å². The van der Waals surface area contributed by atoms with Crippen molar-refractivity contribution in [2.75, 3.05) is 13.2 Å². The summed E-state index contributed by atoms with van der Waals surface area (Å²) >= 11 is 0. The van der Waals surface area contributed by atoms with Crippen LogP contribution >= 0.6 is 0 Å². The maximum Gasteiger partial charge on any atom is 0.305 e. The van der Waals surface area contributed by atoms with Gasteiger partial charge in [-0.05, 0) is 46.0 Å². The van der Waals surface area contributed by atoms with E-state index in [2.05, 4.69) is 0 Å². The molecule has 0 heterocycles. The van der Waals surface area contributed by atoms with Crippen LogP contribution in [0.4, 0.5) is 0 Å². The second-order valence-corrected chi connectivity index (χ2v) is 4.72. The lowest BCUT2D eigenvalue weighted by Gasteiger charge is -2.05. The zero-order valence-corrected chi connectivity index (χ0v) is 13.3. The number of rotatable bonds is 12. The average molecular weight is 296 g/mol. The highest BCUT2D eigenvalue weighted by Gasteiger charge is 2.06. The minimum atomic E-state index is -0.239. The largest absolute Gasteiger partial charge is 0.466 e. The molecule has 0 saturated carbocycles. The second kappa shape index (κ2) is 14.8. The van der Waals surface area contributed by atoms with Gasteiger partial charge in [-0.15, -0.1) is 0 Å². The fourth-order valence-electron chi connectivity index (χ4n) is 1.63. The molecule has 0 radical (unpaired) electrons. The molecule has 0 atom stereocenters. The maximum absolute atomic E-state index is 11.4. The van der Waals surface area contributed by atoms with Crippen LogP contribution in [-0.2, 0) is 19.1 Å². The van der Waals surface area contributed by atoms with Crippen LogP contribution in [0.3, 0.4) is 0 Å². The van der Waals surface area contributed by atoms with E-state index in [0.717, 1.165) is 25.7 Å². The SMILES string of the molecule is C/C=C/CCCOC(=O)CCCC(=O)OCCC/C=C/C. The molecule has 0 N–H and O–H groups in total. The minimum Gasteiger partial charge on any atom is -0.466 e. The summed E-state index contributed by atoms with van der Waals surface area (Å²) in [5.41, 5.74) is 0. The number of unbranched alkanes of at least 4 members (excludes halogenated alkanes) is 2. The number of ether oxygens (including phenoxy) is 2. The Morgan fingerprint density at radius 3 is 1.57 bits per heavy atom. The second-order valence-electron chi connectivity index (χ2n) is 4.72. The normalized spacial score (nSPS) is 11.1. The lowest BCUT2D eigenvalue weighted by Crippen LogP contribution is -2.09. The highest BCUT2D eigenvalue weighted by molar-refractivity contribution is 5.72. The van der Waals surface area contributed by atoms with E-state index in [1.165, 1.54) is 0 Å². The van der Waals surface area contributed by atoms with Crippen molar-refractivity contribution in [3.05, 3.63) is 24.3 Å². The molecule has 4 heteroatoms. The highest BCUT2D eigenvalue weighted by Crippen LogP contribution is 2.02. The van der Waals surface area contributed by atoms with Crippen LogP contribution in [0.1, 0.15) is 58.8 Å². The topological polar surface area (TPSA) is 52.6 Å². The van der Waals surface area contributed by atoms with Gasteiger partial charge in [0.1, 0.15) is 0 Å². The first kappa shape index (κ1) is 19.4.